The van der Waals surface area contributed by atoms with Crippen LogP contribution in [0.2, 0.25) is 0 Å². The molecule has 0 aliphatic rings. The highest BCUT2D eigenvalue weighted by atomic mass is 127. The Morgan fingerprint density at radius 3 is 1.59 bits per heavy atom. The summed E-state index contributed by atoms with van der Waals surface area (Å²) >= 11 is -0.595. The first-order chi connectivity index (χ1) is 15.9. The Kier molecular flexibility index (Phi) is 9.74. The van der Waals surface area contributed by atoms with Crippen LogP contribution in [-0.2, 0) is 20.0 Å². The van der Waals surface area contributed by atoms with Crippen molar-refractivity contribution in [2.75, 3.05) is 27.6 Å². The van der Waals surface area contributed by atoms with Gasteiger partial charge in [0.05, 0.1) is 31.1 Å². The zero-order chi connectivity index (χ0) is 25.5. The molecule has 0 radical (unpaired) electrons. The number of halogens is 1. The number of methoxy groups -OCH3 is 3. The van der Waals surface area contributed by atoms with E-state index in [0.29, 0.717) is 22.1 Å². The van der Waals surface area contributed by atoms with Crippen molar-refractivity contribution in [3.63, 3.8) is 0 Å². The Labute approximate surface area is 210 Å². The van der Waals surface area contributed by atoms with Crippen LogP contribution < -0.4 is 35.4 Å². The molecular formula is C23H25IO8S2. The van der Waals surface area contributed by atoms with Gasteiger partial charge < -0.3 is 18.8 Å². The molecule has 0 heterocycles. The number of sulfone groups is 1. The molecule has 0 amide bonds. The highest BCUT2D eigenvalue weighted by molar-refractivity contribution is 7.90. The Bertz CT molecular complexity index is 1290. The molecule has 3 aromatic rings. The van der Waals surface area contributed by atoms with Crippen molar-refractivity contribution in [2.45, 2.75) is 16.7 Å². The average Bonchev–Trinajstić information content (AvgIpc) is 2.79. The van der Waals surface area contributed by atoms with Gasteiger partial charge in [0, 0.05) is 18.4 Å². The third-order valence-corrected chi connectivity index (χ3v) is 9.33. The van der Waals surface area contributed by atoms with Crippen LogP contribution in [0, 0.1) is 14.1 Å². The van der Waals surface area contributed by atoms with E-state index >= 15 is 0 Å². The Morgan fingerprint density at radius 1 is 0.735 bits per heavy atom. The van der Waals surface area contributed by atoms with Gasteiger partial charge in [-0.2, -0.15) is 0 Å². The molecule has 11 heteroatoms. The first-order valence-corrected chi connectivity index (χ1v) is 15.1. The zero-order valence-electron chi connectivity index (χ0n) is 19.2. The lowest BCUT2D eigenvalue weighted by Gasteiger charge is -2.08. The lowest BCUT2D eigenvalue weighted by Crippen LogP contribution is -3.61. The minimum atomic E-state index is -4.27. The van der Waals surface area contributed by atoms with Crippen LogP contribution in [0.3, 0.4) is 0 Å². The maximum Gasteiger partial charge on any atom is 0.366 e. The molecule has 8 nitrogen and oxygen atoms in total. The molecule has 0 aliphatic carbocycles. The van der Waals surface area contributed by atoms with Crippen molar-refractivity contribution >= 4 is 20.0 Å². The van der Waals surface area contributed by atoms with Gasteiger partial charge in [-0.1, -0.05) is 17.7 Å². The summed E-state index contributed by atoms with van der Waals surface area (Å²) in [5.74, 6) is 2.08. The van der Waals surface area contributed by atoms with Crippen LogP contribution in [0.25, 0.3) is 0 Å². The summed E-state index contributed by atoms with van der Waals surface area (Å²) in [6.07, 6.45) is 1.20. The van der Waals surface area contributed by atoms with Crippen LogP contribution >= 0.6 is 0 Å². The summed E-state index contributed by atoms with van der Waals surface area (Å²) in [6.45, 7) is 1.82. The molecule has 0 fully saturated rings. The summed E-state index contributed by atoms with van der Waals surface area (Å²) in [7, 11) is -2.65. The maximum atomic E-state index is 11.5. The Balaban J connectivity index is 0.000000310. The highest BCUT2D eigenvalue weighted by Gasteiger charge is 2.28. The third kappa shape index (κ3) is 7.86. The van der Waals surface area contributed by atoms with E-state index in [9.17, 15) is 21.4 Å². The van der Waals surface area contributed by atoms with Gasteiger partial charge in [-0.05, 0) is 43.3 Å². The number of ether oxygens (including phenoxy) is 3. The monoisotopic (exact) mass is 620 g/mol. The molecule has 0 N–H and O–H groups in total. The van der Waals surface area contributed by atoms with Crippen molar-refractivity contribution in [1.82, 2.24) is 0 Å². The van der Waals surface area contributed by atoms with E-state index in [-0.39, 0.29) is 4.90 Å². The van der Waals surface area contributed by atoms with E-state index in [0.717, 1.165) is 12.7 Å². The van der Waals surface area contributed by atoms with Crippen LogP contribution in [0.5, 0.6) is 17.2 Å². The van der Waals surface area contributed by atoms with Gasteiger partial charge in [0.25, 0.3) is 3.57 Å². The number of benzene rings is 3. The fourth-order valence-corrected chi connectivity index (χ4v) is 6.34. The summed E-state index contributed by atoms with van der Waals surface area (Å²) < 4.78 is 72.4. The second kappa shape index (κ2) is 11.9. The third-order valence-electron chi connectivity index (χ3n) is 4.41. The highest BCUT2D eigenvalue weighted by Crippen LogP contribution is 2.27. The predicted octanol–water partition coefficient (Wildman–Crippen LogP) is 0.143. The first-order valence-electron chi connectivity index (χ1n) is 9.66. The molecule has 34 heavy (non-hydrogen) atoms. The quantitative estimate of drug-likeness (QED) is 0.271. The molecule has 184 valence electrons. The topological polar surface area (TPSA) is 119 Å². The fourth-order valence-electron chi connectivity index (χ4n) is 2.62. The van der Waals surface area contributed by atoms with Crippen molar-refractivity contribution in [2.24, 2.45) is 0 Å². The second-order valence-electron chi connectivity index (χ2n) is 6.93. The molecule has 0 aliphatic heterocycles. The molecule has 0 unspecified atom stereocenters. The standard InChI is InChI=1S/C16H18IO5S.C7H8O3S/c1-20-12-9-14(21-2)16(15(10-12)22-3)17-11-5-7-13(8-6-11)23(4,18)19;1-6-2-4-7(5-3-6)11(8,9)10/h5-10H,1-4H3;2-5H,1H3,(H,8,9,10)/q+1;/p-1. The molecule has 0 saturated carbocycles. The summed E-state index contributed by atoms with van der Waals surface area (Å²) in [5, 5.41) is 0. The van der Waals surface area contributed by atoms with Crippen molar-refractivity contribution in [1.29, 1.82) is 0 Å². The fraction of sp³-hybridized carbons (Fsp3) is 0.217. The van der Waals surface area contributed by atoms with E-state index in [1.54, 1.807) is 45.6 Å². The lowest BCUT2D eigenvalue weighted by molar-refractivity contribution is -0.598. The Morgan fingerprint density at radius 2 is 1.21 bits per heavy atom. The summed E-state index contributed by atoms with van der Waals surface area (Å²) in [6, 6.07) is 16.4. The predicted molar refractivity (Wildman–Crippen MR) is 122 cm³/mol. The molecular weight excluding hydrogens is 595 g/mol. The zero-order valence-corrected chi connectivity index (χ0v) is 23.0. The molecule has 0 spiro atoms. The summed E-state index contributed by atoms with van der Waals surface area (Å²) in [4.78, 5) is 0.141. The number of hydrogen-bond donors (Lipinski definition) is 0. The van der Waals surface area contributed by atoms with Crippen LogP contribution in [-0.4, -0.2) is 49.0 Å². The van der Waals surface area contributed by atoms with Crippen LogP contribution in [0.15, 0.2) is 70.5 Å². The van der Waals surface area contributed by atoms with Crippen molar-refractivity contribution < 1.29 is 56.8 Å². The molecule has 0 bridgehead atoms. The number of hydrogen-bond acceptors (Lipinski definition) is 8. The Hall–Kier alpha value is -2.35. The smallest absolute Gasteiger partial charge is 0.366 e. The molecule has 0 aromatic heterocycles. The van der Waals surface area contributed by atoms with Gasteiger partial charge in [0.15, 0.2) is 24.9 Å². The first kappa shape index (κ1) is 27.9. The van der Waals surface area contributed by atoms with E-state index in [1.165, 1.54) is 18.4 Å². The van der Waals surface area contributed by atoms with Crippen LogP contribution in [0.4, 0.5) is 0 Å². The van der Waals surface area contributed by atoms with E-state index < -0.39 is 41.2 Å². The van der Waals surface area contributed by atoms with Crippen molar-refractivity contribution in [3.8, 4) is 17.2 Å². The van der Waals surface area contributed by atoms with Crippen molar-refractivity contribution in [3.05, 3.63) is 73.4 Å². The largest absolute Gasteiger partial charge is 0.744 e. The molecule has 3 aromatic carbocycles. The number of aryl methyl sites for hydroxylation is 1. The maximum absolute atomic E-state index is 11.5. The minimum Gasteiger partial charge on any atom is -0.744 e. The molecule has 0 saturated heterocycles. The molecule has 0 atom stereocenters. The summed E-state index contributed by atoms with van der Waals surface area (Å²) in [5.41, 5.74) is 0.928. The van der Waals surface area contributed by atoms with Gasteiger partial charge in [0.2, 0.25) is 0 Å². The average molecular weight is 620 g/mol. The second-order valence-corrected chi connectivity index (χ2v) is 13.2. The minimum absolute atomic E-state index is 0.178. The number of rotatable bonds is 7. The van der Waals surface area contributed by atoms with E-state index in [2.05, 4.69) is 0 Å². The normalized spacial score (nSPS) is 11.2. The lowest BCUT2D eigenvalue weighted by atomic mass is 10.2. The van der Waals surface area contributed by atoms with E-state index in [1.807, 2.05) is 31.2 Å². The van der Waals surface area contributed by atoms with Gasteiger partial charge in [-0.15, -0.1) is 0 Å². The molecule has 3 rings (SSSR count). The SMILES string of the molecule is COc1cc(OC)c([I+]c2ccc(S(C)(=O)=O)cc2)c(OC)c1.Cc1ccc(S(=O)(=O)[O-])cc1. The van der Waals surface area contributed by atoms with Crippen LogP contribution in [0.1, 0.15) is 5.56 Å². The van der Waals surface area contributed by atoms with Gasteiger partial charge >= 0.3 is 21.2 Å². The van der Waals surface area contributed by atoms with Gasteiger partial charge in [0.1, 0.15) is 15.9 Å². The van der Waals surface area contributed by atoms with E-state index in [4.69, 9.17) is 14.2 Å². The van der Waals surface area contributed by atoms with Gasteiger partial charge in [-0.3, -0.25) is 0 Å². The van der Waals surface area contributed by atoms with Gasteiger partial charge in [-0.25, -0.2) is 16.8 Å².